The second-order valence-electron chi connectivity index (χ2n) is 7.73. The Kier molecular flexibility index (Phi) is 20.7. The van der Waals surface area contributed by atoms with Gasteiger partial charge in [-0.25, -0.2) is 18.3 Å². The van der Waals surface area contributed by atoms with Gasteiger partial charge < -0.3 is 14.3 Å². The molecule has 2 aromatic rings. The molecule has 0 radical (unpaired) electrons. The van der Waals surface area contributed by atoms with Crippen molar-refractivity contribution in [3.8, 4) is 0 Å². The van der Waals surface area contributed by atoms with Crippen molar-refractivity contribution in [3.05, 3.63) is 37.4 Å². The van der Waals surface area contributed by atoms with E-state index in [0.717, 1.165) is 13.1 Å². The third kappa shape index (κ3) is 17.3. The Labute approximate surface area is 197 Å². The molecule has 2 aromatic heterocycles. The van der Waals surface area contributed by atoms with Gasteiger partial charge in [-0.1, -0.05) is 39.5 Å². The lowest BCUT2D eigenvalue weighted by Gasteiger charge is -2.27. The molecule has 0 saturated carbocycles. The van der Waals surface area contributed by atoms with E-state index < -0.39 is 8.60 Å². The minimum atomic E-state index is -2.60. The Morgan fingerprint density at radius 3 is 1.38 bits per heavy atom. The highest BCUT2D eigenvalue weighted by atomic mass is 31.2. The molecule has 0 fully saturated rings. The average Bonchev–Trinajstić information content (AvgIpc) is 3.44. The van der Waals surface area contributed by atoms with Crippen molar-refractivity contribution in [2.24, 2.45) is 0 Å². The van der Waals surface area contributed by atoms with Gasteiger partial charge in [0, 0.05) is 6.61 Å². The molecular formula is C24H47N4O3P. The quantitative estimate of drug-likeness (QED) is 0.240. The Morgan fingerprint density at radius 1 is 0.688 bits per heavy atom. The fourth-order valence-electron chi connectivity index (χ4n) is 3.06. The number of hydrogen-bond acceptors (Lipinski definition) is 3. The van der Waals surface area contributed by atoms with Crippen LogP contribution in [0.15, 0.2) is 37.4 Å². The second kappa shape index (κ2) is 21.6. The van der Waals surface area contributed by atoms with Gasteiger partial charge >= 0.3 is 0 Å². The monoisotopic (exact) mass is 470 g/mol. The summed E-state index contributed by atoms with van der Waals surface area (Å²) in [6.45, 7) is 15.2. The summed E-state index contributed by atoms with van der Waals surface area (Å²) in [6.07, 6.45) is 23.7. The molecule has 0 unspecified atom stereocenters. The van der Waals surface area contributed by atoms with Crippen molar-refractivity contribution in [1.82, 2.24) is 9.13 Å². The minimum absolute atomic E-state index is 0.235. The van der Waals surface area contributed by atoms with Crippen LogP contribution in [0.1, 0.15) is 86.0 Å². The number of aromatic nitrogens is 4. The van der Waals surface area contributed by atoms with Crippen LogP contribution < -0.4 is 18.9 Å². The number of imidazole rings is 2. The summed E-state index contributed by atoms with van der Waals surface area (Å²) in [5, 5.41) is 0. The van der Waals surface area contributed by atoms with Gasteiger partial charge in [0.15, 0.2) is 0 Å². The van der Waals surface area contributed by atoms with Crippen LogP contribution in [0.5, 0.6) is 0 Å². The van der Waals surface area contributed by atoms with Crippen LogP contribution in [0.3, 0.4) is 0 Å². The molecule has 0 bridgehead atoms. The molecule has 32 heavy (non-hydrogen) atoms. The molecule has 0 aliphatic rings. The molecule has 186 valence electrons. The maximum absolute atomic E-state index is 9.41. The molecule has 0 aliphatic carbocycles. The van der Waals surface area contributed by atoms with Crippen molar-refractivity contribution in [2.75, 3.05) is 6.61 Å². The maximum Gasteiger partial charge on any atom is 0.243 e. The van der Waals surface area contributed by atoms with Gasteiger partial charge in [-0.2, -0.15) is 8.60 Å². The van der Waals surface area contributed by atoms with Gasteiger partial charge in [0.2, 0.25) is 12.7 Å². The number of nitrogens with zero attached hydrogens (tertiary/aromatic N) is 4. The van der Waals surface area contributed by atoms with Crippen molar-refractivity contribution < 1.29 is 23.4 Å². The summed E-state index contributed by atoms with van der Waals surface area (Å²) in [5.74, 6) is 0. The van der Waals surface area contributed by atoms with E-state index in [1.54, 1.807) is 6.92 Å². The summed E-state index contributed by atoms with van der Waals surface area (Å²) in [7, 11) is -2.60. The Bertz CT molecular complexity index is 596. The van der Waals surface area contributed by atoms with Gasteiger partial charge in [0.1, 0.15) is 24.8 Å². The first-order valence-electron chi connectivity index (χ1n) is 12.4. The Morgan fingerprint density at radius 2 is 1.12 bits per heavy atom. The van der Waals surface area contributed by atoms with Gasteiger partial charge in [-0.05, 0) is 46.5 Å². The summed E-state index contributed by atoms with van der Waals surface area (Å²) >= 11 is 0. The first-order valence-corrected chi connectivity index (χ1v) is 13.5. The highest BCUT2D eigenvalue weighted by Crippen LogP contribution is 2.10. The van der Waals surface area contributed by atoms with Crippen molar-refractivity contribution >= 4 is 8.60 Å². The van der Waals surface area contributed by atoms with E-state index in [4.69, 9.17) is 0 Å². The van der Waals surface area contributed by atoms with Crippen LogP contribution in [0.2, 0.25) is 0 Å². The summed E-state index contributed by atoms with van der Waals surface area (Å²) < 4.78 is 13.0. The Hall–Kier alpha value is -1.27. The predicted octanol–water partition coefficient (Wildman–Crippen LogP) is 3.72. The zero-order valence-corrected chi connectivity index (χ0v) is 22.0. The minimum Gasteiger partial charge on any atom is -0.820 e. The number of aryl methyl sites for hydroxylation is 4. The van der Waals surface area contributed by atoms with E-state index in [1.165, 1.54) is 64.5 Å². The highest BCUT2D eigenvalue weighted by Gasteiger charge is 2.01. The lowest BCUT2D eigenvalue weighted by molar-refractivity contribution is -0.697. The van der Waals surface area contributed by atoms with Gasteiger partial charge in [-0.3, -0.25) is 0 Å². The fourth-order valence-corrected chi connectivity index (χ4v) is 3.27. The first kappa shape index (κ1) is 30.7. The summed E-state index contributed by atoms with van der Waals surface area (Å²) in [5.41, 5.74) is 0. The molecule has 2 heterocycles. The highest BCUT2D eigenvalue weighted by molar-refractivity contribution is 7.36. The fraction of sp³-hybridized carbons (Fsp3) is 0.750. The molecule has 0 atom stereocenters. The van der Waals surface area contributed by atoms with Gasteiger partial charge in [0.25, 0.3) is 0 Å². The van der Waals surface area contributed by atoms with Crippen molar-refractivity contribution in [3.63, 3.8) is 0 Å². The van der Waals surface area contributed by atoms with E-state index in [-0.39, 0.29) is 6.61 Å². The topological polar surface area (TPSA) is 73.0 Å². The largest absolute Gasteiger partial charge is 0.820 e. The van der Waals surface area contributed by atoms with E-state index in [1.807, 2.05) is 0 Å². The van der Waals surface area contributed by atoms with E-state index in [2.05, 4.69) is 87.9 Å². The van der Waals surface area contributed by atoms with Crippen LogP contribution >= 0.6 is 8.60 Å². The Balaban J connectivity index is 0.000000484. The normalized spacial score (nSPS) is 10.5. The van der Waals surface area contributed by atoms with Crippen LogP contribution in [0, 0.1) is 0 Å². The lowest BCUT2D eigenvalue weighted by Crippen LogP contribution is -2.30. The van der Waals surface area contributed by atoms with Crippen LogP contribution in [0.25, 0.3) is 0 Å². The second-order valence-corrected chi connectivity index (χ2v) is 8.43. The van der Waals surface area contributed by atoms with E-state index in [9.17, 15) is 9.79 Å². The maximum atomic E-state index is 9.41. The van der Waals surface area contributed by atoms with Gasteiger partial charge in [-0.15, -0.1) is 0 Å². The summed E-state index contributed by atoms with van der Waals surface area (Å²) in [4.78, 5) is 18.8. The summed E-state index contributed by atoms with van der Waals surface area (Å²) in [6, 6.07) is 0. The molecule has 0 aliphatic heterocycles. The van der Waals surface area contributed by atoms with E-state index in [0.29, 0.717) is 0 Å². The SMILES string of the molecule is CCCCCC[n+]1ccn(CC)c1.CCCCCC[n+]1ccn(CC)c1.CCOP([O-])[O-]. The zero-order valence-electron chi connectivity index (χ0n) is 21.1. The third-order valence-electron chi connectivity index (χ3n) is 5.00. The third-order valence-corrected chi connectivity index (χ3v) is 5.47. The molecule has 0 spiro atoms. The molecule has 0 N–H and O–H groups in total. The first-order chi connectivity index (χ1) is 15.5. The van der Waals surface area contributed by atoms with Crippen molar-refractivity contribution in [2.45, 2.75) is 112 Å². The average molecular weight is 471 g/mol. The standard InChI is InChI=1S/2C11H21N2.C2H5O3P/c2*1-3-5-6-7-8-13-10-9-12(4-2)11-13;1-2-5-6(3)4/h2*9-11H,3-8H2,1-2H3;2H2,1H3/q2*+1;-2. The number of rotatable bonds is 14. The molecular weight excluding hydrogens is 423 g/mol. The predicted molar refractivity (Wildman–Crippen MR) is 127 cm³/mol. The zero-order chi connectivity index (χ0) is 24.0. The van der Waals surface area contributed by atoms with E-state index >= 15 is 0 Å². The van der Waals surface area contributed by atoms with Crippen molar-refractivity contribution in [1.29, 1.82) is 0 Å². The number of unbranched alkanes of at least 4 members (excludes halogenated alkanes) is 6. The molecule has 8 heteroatoms. The lowest BCUT2D eigenvalue weighted by atomic mass is 10.2. The van der Waals surface area contributed by atoms with Crippen LogP contribution in [-0.4, -0.2) is 15.7 Å². The van der Waals surface area contributed by atoms with Gasteiger partial charge in [0.05, 0.1) is 26.2 Å². The molecule has 0 saturated heterocycles. The van der Waals surface area contributed by atoms with Crippen LogP contribution in [0.4, 0.5) is 0 Å². The van der Waals surface area contributed by atoms with Crippen LogP contribution in [-0.2, 0) is 30.7 Å². The number of hydrogen-bond donors (Lipinski definition) is 0. The molecule has 0 aromatic carbocycles. The molecule has 2 rings (SSSR count). The molecule has 7 nitrogen and oxygen atoms in total. The smallest absolute Gasteiger partial charge is 0.243 e. The molecule has 0 amide bonds.